The van der Waals surface area contributed by atoms with Crippen LogP contribution in [0.25, 0.3) is 0 Å². The summed E-state index contributed by atoms with van der Waals surface area (Å²) in [5.41, 5.74) is 0. The topological polar surface area (TPSA) is 77.9 Å². The molecule has 2 fully saturated rings. The van der Waals surface area contributed by atoms with Crippen LogP contribution < -0.4 is 0 Å². The number of carboxylic acids is 1. The number of likely N-dealkylation sites (N-methyl/N-ethyl adjacent to an activating group) is 1. The van der Waals surface area contributed by atoms with E-state index in [0.29, 0.717) is 6.54 Å². The Morgan fingerprint density at radius 1 is 1.35 bits per heavy atom. The van der Waals surface area contributed by atoms with Crippen molar-refractivity contribution in [2.75, 3.05) is 13.6 Å². The second-order valence-electron chi connectivity index (χ2n) is 5.85. The van der Waals surface area contributed by atoms with Gasteiger partial charge in [0.1, 0.15) is 6.04 Å². The number of amides is 2. The van der Waals surface area contributed by atoms with E-state index in [1.165, 1.54) is 18.9 Å². The molecule has 1 aliphatic heterocycles. The summed E-state index contributed by atoms with van der Waals surface area (Å²) in [6.45, 7) is 1.92. The molecule has 1 heterocycles. The number of nitrogens with zero attached hydrogens (tertiary/aromatic N) is 2. The average molecular weight is 282 g/mol. The molecule has 2 amide bonds. The van der Waals surface area contributed by atoms with Crippen LogP contribution in [-0.4, -0.2) is 58.4 Å². The van der Waals surface area contributed by atoms with E-state index in [-0.39, 0.29) is 24.3 Å². The lowest BCUT2D eigenvalue weighted by Gasteiger charge is -2.26. The molecule has 1 saturated heterocycles. The number of rotatable bonds is 4. The fourth-order valence-corrected chi connectivity index (χ4v) is 3.11. The van der Waals surface area contributed by atoms with Crippen LogP contribution in [0, 0.1) is 5.92 Å². The standard InChI is InChI=1S/C14H22N2O4/c1-9(14(19)20)15(2)13(18)10-7-12(17)16(8-10)11-5-3-4-6-11/h9-11H,3-8H2,1-2H3,(H,19,20)/t9-,10-/m1/s1. The van der Waals surface area contributed by atoms with Gasteiger partial charge in [0.05, 0.1) is 5.92 Å². The van der Waals surface area contributed by atoms with Crippen LogP contribution in [0.2, 0.25) is 0 Å². The molecule has 1 aliphatic carbocycles. The van der Waals surface area contributed by atoms with Gasteiger partial charge >= 0.3 is 5.97 Å². The lowest BCUT2D eigenvalue weighted by molar-refractivity contribution is -0.149. The van der Waals surface area contributed by atoms with Crippen molar-refractivity contribution in [2.24, 2.45) is 5.92 Å². The molecule has 0 aromatic heterocycles. The Morgan fingerprint density at radius 2 is 1.95 bits per heavy atom. The van der Waals surface area contributed by atoms with Gasteiger partial charge in [0.25, 0.3) is 0 Å². The zero-order valence-corrected chi connectivity index (χ0v) is 12.0. The molecule has 2 atom stereocenters. The van der Waals surface area contributed by atoms with Gasteiger partial charge in [-0.25, -0.2) is 4.79 Å². The first kappa shape index (κ1) is 14.8. The van der Waals surface area contributed by atoms with E-state index in [1.807, 2.05) is 4.90 Å². The molecule has 112 valence electrons. The van der Waals surface area contributed by atoms with E-state index < -0.39 is 17.9 Å². The molecule has 0 aromatic rings. The van der Waals surface area contributed by atoms with Crippen LogP contribution in [-0.2, 0) is 14.4 Å². The third-order valence-electron chi connectivity index (χ3n) is 4.56. The summed E-state index contributed by atoms with van der Waals surface area (Å²) >= 11 is 0. The Kier molecular flexibility index (Phi) is 4.30. The quantitative estimate of drug-likeness (QED) is 0.823. The number of carbonyl (C=O) groups is 3. The minimum atomic E-state index is -1.03. The molecular weight excluding hydrogens is 260 g/mol. The number of aliphatic carboxylic acids is 1. The fraction of sp³-hybridized carbons (Fsp3) is 0.786. The van der Waals surface area contributed by atoms with Crippen LogP contribution in [0.3, 0.4) is 0 Å². The van der Waals surface area contributed by atoms with Crippen molar-refractivity contribution in [3.8, 4) is 0 Å². The monoisotopic (exact) mass is 282 g/mol. The zero-order chi connectivity index (χ0) is 14.9. The number of carboxylic acid groups (broad SMARTS) is 1. The van der Waals surface area contributed by atoms with Crippen molar-refractivity contribution in [3.05, 3.63) is 0 Å². The number of likely N-dealkylation sites (tertiary alicyclic amines) is 1. The summed E-state index contributed by atoms with van der Waals surface area (Å²) in [5.74, 6) is -1.63. The summed E-state index contributed by atoms with van der Waals surface area (Å²) in [6, 6.07) is -0.583. The average Bonchev–Trinajstić information content (AvgIpc) is 3.04. The summed E-state index contributed by atoms with van der Waals surface area (Å²) in [4.78, 5) is 38.3. The minimum absolute atomic E-state index is 0.0339. The van der Waals surface area contributed by atoms with E-state index in [1.54, 1.807) is 0 Å². The predicted molar refractivity (Wildman–Crippen MR) is 71.9 cm³/mol. The minimum Gasteiger partial charge on any atom is -0.480 e. The Hall–Kier alpha value is -1.59. The predicted octanol–water partition coefficient (Wildman–Crippen LogP) is 0.709. The Morgan fingerprint density at radius 3 is 2.50 bits per heavy atom. The zero-order valence-electron chi connectivity index (χ0n) is 12.0. The largest absolute Gasteiger partial charge is 0.480 e. The van der Waals surface area contributed by atoms with E-state index >= 15 is 0 Å². The Labute approximate surface area is 118 Å². The molecule has 20 heavy (non-hydrogen) atoms. The molecule has 1 N–H and O–H groups in total. The molecular formula is C14H22N2O4. The lowest BCUT2D eigenvalue weighted by atomic mass is 10.1. The van der Waals surface area contributed by atoms with Crippen LogP contribution in [0.5, 0.6) is 0 Å². The molecule has 0 spiro atoms. The van der Waals surface area contributed by atoms with Crippen molar-refractivity contribution in [2.45, 2.75) is 51.1 Å². The molecule has 0 radical (unpaired) electrons. The van der Waals surface area contributed by atoms with Gasteiger partial charge in [-0.05, 0) is 19.8 Å². The molecule has 6 nitrogen and oxygen atoms in total. The van der Waals surface area contributed by atoms with E-state index in [2.05, 4.69) is 0 Å². The van der Waals surface area contributed by atoms with Crippen molar-refractivity contribution >= 4 is 17.8 Å². The third kappa shape index (κ3) is 2.78. The number of hydrogen-bond donors (Lipinski definition) is 1. The highest BCUT2D eigenvalue weighted by Crippen LogP contribution is 2.30. The maximum atomic E-state index is 12.3. The summed E-state index contributed by atoms with van der Waals surface area (Å²) in [7, 11) is 1.49. The van der Waals surface area contributed by atoms with Gasteiger partial charge in [-0.2, -0.15) is 0 Å². The normalized spacial score (nSPS) is 25.0. The summed E-state index contributed by atoms with van der Waals surface area (Å²) < 4.78 is 0. The first-order valence-corrected chi connectivity index (χ1v) is 7.20. The van der Waals surface area contributed by atoms with Gasteiger partial charge in [0.15, 0.2) is 0 Å². The van der Waals surface area contributed by atoms with Crippen LogP contribution in [0.1, 0.15) is 39.0 Å². The summed E-state index contributed by atoms with van der Waals surface area (Å²) in [6.07, 6.45) is 4.54. The van der Waals surface area contributed by atoms with Crippen molar-refractivity contribution in [1.29, 1.82) is 0 Å². The number of hydrogen-bond acceptors (Lipinski definition) is 3. The maximum Gasteiger partial charge on any atom is 0.326 e. The highest BCUT2D eigenvalue weighted by molar-refractivity contribution is 5.91. The highest BCUT2D eigenvalue weighted by atomic mass is 16.4. The van der Waals surface area contributed by atoms with Gasteiger partial charge in [0.2, 0.25) is 11.8 Å². The smallest absolute Gasteiger partial charge is 0.326 e. The van der Waals surface area contributed by atoms with Crippen LogP contribution in [0.4, 0.5) is 0 Å². The first-order valence-electron chi connectivity index (χ1n) is 7.20. The van der Waals surface area contributed by atoms with Crippen LogP contribution in [0.15, 0.2) is 0 Å². The van der Waals surface area contributed by atoms with E-state index in [4.69, 9.17) is 5.11 Å². The lowest BCUT2D eigenvalue weighted by Crippen LogP contribution is -2.44. The third-order valence-corrected chi connectivity index (χ3v) is 4.56. The maximum absolute atomic E-state index is 12.3. The second-order valence-corrected chi connectivity index (χ2v) is 5.85. The molecule has 0 aromatic carbocycles. The van der Waals surface area contributed by atoms with E-state index in [9.17, 15) is 14.4 Å². The van der Waals surface area contributed by atoms with Gasteiger partial charge in [-0.1, -0.05) is 12.8 Å². The molecule has 2 aliphatic rings. The number of carbonyl (C=O) groups excluding carboxylic acids is 2. The fourth-order valence-electron chi connectivity index (χ4n) is 3.11. The summed E-state index contributed by atoms with van der Waals surface area (Å²) in [5, 5.41) is 8.95. The van der Waals surface area contributed by atoms with Crippen molar-refractivity contribution in [3.63, 3.8) is 0 Å². The molecule has 0 bridgehead atoms. The van der Waals surface area contributed by atoms with Crippen molar-refractivity contribution in [1.82, 2.24) is 9.80 Å². The Balaban J connectivity index is 1.98. The van der Waals surface area contributed by atoms with Gasteiger partial charge in [-0.15, -0.1) is 0 Å². The molecule has 1 saturated carbocycles. The SMILES string of the molecule is C[C@H](C(=O)O)N(C)C(=O)[C@@H]1CC(=O)N(C2CCCC2)C1. The van der Waals surface area contributed by atoms with E-state index in [0.717, 1.165) is 25.7 Å². The highest BCUT2D eigenvalue weighted by Gasteiger charge is 2.40. The molecule has 0 unspecified atom stereocenters. The van der Waals surface area contributed by atoms with Crippen molar-refractivity contribution < 1.29 is 19.5 Å². The van der Waals surface area contributed by atoms with Gasteiger partial charge in [-0.3, -0.25) is 9.59 Å². The molecule has 2 rings (SSSR count). The molecule has 6 heteroatoms. The Bertz CT molecular complexity index is 417. The van der Waals surface area contributed by atoms with Gasteiger partial charge < -0.3 is 14.9 Å². The van der Waals surface area contributed by atoms with Gasteiger partial charge in [0, 0.05) is 26.1 Å². The van der Waals surface area contributed by atoms with Crippen LogP contribution >= 0.6 is 0 Å². The first-order chi connectivity index (χ1) is 9.41. The second kappa shape index (κ2) is 5.81.